The Hall–Kier alpha value is -1.13. The topological polar surface area (TPSA) is 40.5 Å². The van der Waals surface area contributed by atoms with Crippen molar-refractivity contribution in [1.29, 1.82) is 0 Å². The Morgan fingerprint density at radius 3 is 2.90 bits per heavy atom. The van der Waals surface area contributed by atoms with Crippen LogP contribution in [-0.2, 0) is 11.3 Å². The lowest BCUT2D eigenvalue weighted by Gasteiger charge is -2.37. The standard InChI is InChI=1S/C15H19ClFNO2/c1-2-10-5-6-18(14(8-10)15(19)20)9-11-3-4-13(17)12(16)7-11/h3-4,7,10,14H,2,5-6,8-9H2,1H3,(H,19,20). The molecule has 2 unspecified atom stereocenters. The Kier molecular flexibility index (Phi) is 5.00. The van der Waals surface area contributed by atoms with E-state index in [2.05, 4.69) is 6.92 Å². The second-order valence-electron chi connectivity index (χ2n) is 5.37. The van der Waals surface area contributed by atoms with E-state index in [0.717, 1.165) is 24.9 Å². The third-order valence-electron chi connectivity index (χ3n) is 4.05. The van der Waals surface area contributed by atoms with Gasteiger partial charge < -0.3 is 5.11 Å². The van der Waals surface area contributed by atoms with Crippen molar-refractivity contribution in [1.82, 2.24) is 4.90 Å². The molecule has 2 atom stereocenters. The van der Waals surface area contributed by atoms with Crippen molar-refractivity contribution in [3.05, 3.63) is 34.6 Å². The molecule has 110 valence electrons. The molecule has 0 aromatic heterocycles. The molecule has 1 aromatic carbocycles. The Balaban J connectivity index is 2.10. The van der Waals surface area contributed by atoms with Gasteiger partial charge in [0.2, 0.25) is 0 Å². The summed E-state index contributed by atoms with van der Waals surface area (Å²) >= 11 is 5.77. The second-order valence-corrected chi connectivity index (χ2v) is 5.78. The molecule has 0 bridgehead atoms. The van der Waals surface area contributed by atoms with Gasteiger partial charge in [-0.1, -0.05) is 31.0 Å². The monoisotopic (exact) mass is 299 g/mol. The van der Waals surface area contributed by atoms with Crippen molar-refractivity contribution in [2.45, 2.75) is 38.8 Å². The van der Waals surface area contributed by atoms with Gasteiger partial charge in [-0.05, 0) is 43.0 Å². The summed E-state index contributed by atoms with van der Waals surface area (Å²) in [5, 5.41) is 9.45. The number of hydrogen-bond acceptors (Lipinski definition) is 2. The minimum Gasteiger partial charge on any atom is -0.480 e. The fraction of sp³-hybridized carbons (Fsp3) is 0.533. The van der Waals surface area contributed by atoms with Crippen LogP contribution in [0.3, 0.4) is 0 Å². The SMILES string of the molecule is CCC1CCN(Cc2ccc(F)c(Cl)c2)C(C(=O)O)C1. The maximum atomic E-state index is 13.1. The first-order valence-electron chi connectivity index (χ1n) is 6.92. The first-order valence-corrected chi connectivity index (χ1v) is 7.29. The molecule has 0 amide bonds. The van der Waals surface area contributed by atoms with Gasteiger partial charge in [0.15, 0.2) is 0 Å². The number of nitrogens with zero attached hydrogens (tertiary/aromatic N) is 1. The lowest BCUT2D eigenvalue weighted by atomic mass is 9.88. The summed E-state index contributed by atoms with van der Waals surface area (Å²) in [7, 11) is 0. The summed E-state index contributed by atoms with van der Waals surface area (Å²) in [4.78, 5) is 13.4. The first kappa shape index (κ1) is 15.3. The summed E-state index contributed by atoms with van der Waals surface area (Å²) in [6.45, 7) is 3.34. The van der Waals surface area contributed by atoms with Crippen molar-refractivity contribution in [3.8, 4) is 0 Å². The second kappa shape index (κ2) is 6.55. The number of carboxylic acid groups (broad SMARTS) is 1. The molecule has 0 radical (unpaired) electrons. The van der Waals surface area contributed by atoms with Gasteiger partial charge in [-0.2, -0.15) is 0 Å². The third kappa shape index (κ3) is 3.49. The van der Waals surface area contributed by atoms with Gasteiger partial charge in [-0.3, -0.25) is 9.69 Å². The lowest BCUT2D eigenvalue weighted by molar-refractivity contribution is -0.145. The van der Waals surface area contributed by atoms with Crippen LogP contribution in [0.15, 0.2) is 18.2 Å². The molecule has 1 saturated heterocycles. The van der Waals surface area contributed by atoms with E-state index in [9.17, 15) is 14.3 Å². The molecule has 0 spiro atoms. The highest BCUT2D eigenvalue weighted by Gasteiger charge is 2.32. The number of benzene rings is 1. The number of carbonyl (C=O) groups is 1. The summed E-state index contributed by atoms with van der Waals surface area (Å²) in [5.74, 6) is -0.754. The fourth-order valence-corrected chi connectivity index (χ4v) is 2.98. The molecule has 0 aliphatic carbocycles. The van der Waals surface area contributed by atoms with E-state index < -0.39 is 17.8 Å². The maximum absolute atomic E-state index is 13.1. The highest BCUT2D eigenvalue weighted by Crippen LogP contribution is 2.27. The van der Waals surface area contributed by atoms with E-state index in [1.54, 1.807) is 12.1 Å². The van der Waals surface area contributed by atoms with E-state index >= 15 is 0 Å². The number of rotatable bonds is 4. The summed E-state index contributed by atoms with van der Waals surface area (Å²) in [5.41, 5.74) is 0.845. The Morgan fingerprint density at radius 1 is 1.55 bits per heavy atom. The lowest BCUT2D eigenvalue weighted by Crippen LogP contribution is -2.46. The van der Waals surface area contributed by atoms with Crippen molar-refractivity contribution in [2.75, 3.05) is 6.54 Å². The summed E-state index contributed by atoms with van der Waals surface area (Å²) in [6, 6.07) is 4.09. The predicted octanol–water partition coefficient (Wildman–Crippen LogP) is 3.55. The van der Waals surface area contributed by atoms with E-state index in [4.69, 9.17) is 11.6 Å². The van der Waals surface area contributed by atoms with Crippen LogP contribution in [0, 0.1) is 11.7 Å². The minimum absolute atomic E-state index is 0.0813. The van der Waals surface area contributed by atoms with E-state index in [0.29, 0.717) is 18.9 Å². The number of aliphatic carboxylic acids is 1. The zero-order chi connectivity index (χ0) is 14.7. The molecular weight excluding hydrogens is 281 g/mol. The largest absolute Gasteiger partial charge is 0.480 e. The molecular formula is C15H19ClFNO2. The minimum atomic E-state index is -0.781. The Labute approximate surface area is 123 Å². The van der Waals surface area contributed by atoms with Crippen molar-refractivity contribution >= 4 is 17.6 Å². The summed E-state index contributed by atoms with van der Waals surface area (Å²) < 4.78 is 13.1. The van der Waals surface area contributed by atoms with Gasteiger partial charge in [-0.25, -0.2) is 4.39 Å². The first-order chi connectivity index (χ1) is 9.51. The molecule has 1 aliphatic heterocycles. The maximum Gasteiger partial charge on any atom is 0.320 e. The zero-order valence-corrected chi connectivity index (χ0v) is 12.2. The number of piperidine rings is 1. The molecule has 1 fully saturated rings. The quantitative estimate of drug-likeness (QED) is 0.924. The van der Waals surface area contributed by atoms with Crippen LogP contribution in [0.4, 0.5) is 4.39 Å². The Morgan fingerprint density at radius 2 is 2.30 bits per heavy atom. The van der Waals surface area contributed by atoms with Crippen LogP contribution in [0.1, 0.15) is 31.7 Å². The van der Waals surface area contributed by atoms with Gasteiger partial charge in [0.1, 0.15) is 11.9 Å². The van der Waals surface area contributed by atoms with Crippen molar-refractivity contribution < 1.29 is 14.3 Å². The normalized spacial score (nSPS) is 23.8. The average Bonchev–Trinajstić information content (AvgIpc) is 2.43. The van der Waals surface area contributed by atoms with Crippen LogP contribution in [0.2, 0.25) is 5.02 Å². The van der Waals surface area contributed by atoms with Gasteiger partial charge in [0, 0.05) is 6.54 Å². The van der Waals surface area contributed by atoms with Gasteiger partial charge in [0.05, 0.1) is 5.02 Å². The molecule has 1 N–H and O–H groups in total. The fourth-order valence-electron chi connectivity index (χ4n) is 2.78. The van der Waals surface area contributed by atoms with Crippen LogP contribution in [0.25, 0.3) is 0 Å². The number of halogens is 2. The molecule has 5 heteroatoms. The number of likely N-dealkylation sites (tertiary alicyclic amines) is 1. The third-order valence-corrected chi connectivity index (χ3v) is 4.34. The summed E-state index contributed by atoms with van der Waals surface area (Å²) in [6.07, 6.45) is 2.70. The molecule has 1 heterocycles. The van der Waals surface area contributed by atoms with Crippen LogP contribution < -0.4 is 0 Å². The van der Waals surface area contributed by atoms with Crippen LogP contribution in [0.5, 0.6) is 0 Å². The molecule has 1 aliphatic rings. The van der Waals surface area contributed by atoms with Gasteiger partial charge in [0.25, 0.3) is 0 Å². The van der Waals surface area contributed by atoms with E-state index in [-0.39, 0.29) is 5.02 Å². The molecule has 3 nitrogen and oxygen atoms in total. The van der Waals surface area contributed by atoms with Crippen LogP contribution >= 0.6 is 11.6 Å². The zero-order valence-electron chi connectivity index (χ0n) is 11.5. The van der Waals surface area contributed by atoms with Gasteiger partial charge >= 0.3 is 5.97 Å². The smallest absolute Gasteiger partial charge is 0.320 e. The van der Waals surface area contributed by atoms with E-state index in [1.807, 2.05) is 4.90 Å². The average molecular weight is 300 g/mol. The highest BCUT2D eigenvalue weighted by atomic mass is 35.5. The van der Waals surface area contributed by atoms with Crippen LogP contribution in [-0.4, -0.2) is 28.6 Å². The molecule has 0 saturated carbocycles. The van der Waals surface area contributed by atoms with E-state index in [1.165, 1.54) is 6.07 Å². The number of hydrogen-bond donors (Lipinski definition) is 1. The molecule has 2 rings (SSSR count). The van der Waals surface area contributed by atoms with Gasteiger partial charge in [-0.15, -0.1) is 0 Å². The highest BCUT2D eigenvalue weighted by molar-refractivity contribution is 6.30. The molecule has 1 aromatic rings. The van der Waals surface area contributed by atoms with Crippen molar-refractivity contribution in [3.63, 3.8) is 0 Å². The predicted molar refractivity (Wildman–Crippen MR) is 76.3 cm³/mol. The number of carboxylic acids is 1. The van der Waals surface area contributed by atoms with Crippen molar-refractivity contribution in [2.24, 2.45) is 5.92 Å². The molecule has 20 heavy (non-hydrogen) atoms. The Bertz CT molecular complexity index is 495.